The van der Waals surface area contributed by atoms with E-state index in [-0.39, 0.29) is 5.69 Å². The van der Waals surface area contributed by atoms with Crippen LogP contribution >= 0.6 is 23.1 Å². The lowest BCUT2D eigenvalue weighted by Gasteiger charge is -2.05. The standard InChI is InChI=1S/C14H10N2O2S2/c1-8-7-19-14(15-8)20-12-10-5-3-2-4-9(10)6-11(16-12)13(17)18/h2-7H,1H3,(H,17,18). The number of fused-ring (bicyclic) bond motifs is 1. The SMILES string of the molecule is Cc1csc(Sc2nc(C(=O)O)cc3ccccc23)n1. The van der Waals surface area contributed by atoms with Crippen molar-refractivity contribution in [2.24, 2.45) is 0 Å². The number of hydrogen-bond donors (Lipinski definition) is 1. The minimum absolute atomic E-state index is 0.0551. The van der Waals surface area contributed by atoms with Crippen LogP contribution in [0.2, 0.25) is 0 Å². The van der Waals surface area contributed by atoms with Gasteiger partial charge in [0.1, 0.15) is 10.7 Å². The first-order valence-corrected chi connectivity index (χ1v) is 7.56. The van der Waals surface area contributed by atoms with E-state index in [1.807, 2.05) is 36.6 Å². The molecule has 0 fully saturated rings. The molecule has 0 atom stereocenters. The number of pyridine rings is 1. The maximum Gasteiger partial charge on any atom is 0.354 e. The van der Waals surface area contributed by atoms with Crippen LogP contribution in [0.3, 0.4) is 0 Å². The lowest BCUT2D eigenvalue weighted by molar-refractivity contribution is 0.0690. The maximum atomic E-state index is 11.2. The van der Waals surface area contributed by atoms with E-state index in [2.05, 4.69) is 9.97 Å². The van der Waals surface area contributed by atoms with Gasteiger partial charge in [-0.1, -0.05) is 24.3 Å². The predicted octanol–water partition coefficient (Wildman–Crippen LogP) is 3.85. The molecule has 6 heteroatoms. The van der Waals surface area contributed by atoms with Gasteiger partial charge >= 0.3 is 5.97 Å². The highest BCUT2D eigenvalue weighted by atomic mass is 32.2. The van der Waals surface area contributed by atoms with Crippen LogP contribution in [0.15, 0.2) is 45.1 Å². The fraction of sp³-hybridized carbons (Fsp3) is 0.0714. The Morgan fingerprint density at radius 3 is 2.80 bits per heavy atom. The number of carboxylic acid groups (broad SMARTS) is 1. The number of nitrogens with zero attached hydrogens (tertiary/aromatic N) is 2. The highest BCUT2D eigenvalue weighted by Gasteiger charge is 2.13. The summed E-state index contributed by atoms with van der Waals surface area (Å²) < 4.78 is 0.864. The summed E-state index contributed by atoms with van der Waals surface area (Å²) in [7, 11) is 0. The summed E-state index contributed by atoms with van der Waals surface area (Å²) in [5.41, 5.74) is 1.01. The van der Waals surface area contributed by atoms with Crippen molar-refractivity contribution in [3.63, 3.8) is 0 Å². The monoisotopic (exact) mass is 302 g/mol. The van der Waals surface area contributed by atoms with Crippen LogP contribution in [0.25, 0.3) is 10.8 Å². The molecular weight excluding hydrogens is 292 g/mol. The Balaban J connectivity index is 2.14. The molecule has 100 valence electrons. The normalized spacial score (nSPS) is 10.8. The van der Waals surface area contributed by atoms with Crippen molar-refractivity contribution in [2.45, 2.75) is 16.3 Å². The number of benzene rings is 1. The van der Waals surface area contributed by atoms with Gasteiger partial charge in [-0.25, -0.2) is 14.8 Å². The van der Waals surface area contributed by atoms with Crippen molar-refractivity contribution < 1.29 is 9.90 Å². The molecule has 0 spiro atoms. The van der Waals surface area contributed by atoms with Crippen LogP contribution in [0, 0.1) is 6.92 Å². The average Bonchev–Trinajstić information content (AvgIpc) is 2.84. The number of hydrogen-bond acceptors (Lipinski definition) is 5. The Hall–Kier alpha value is -1.92. The molecule has 0 amide bonds. The topological polar surface area (TPSA) is 63.1 Å². The Morgan fingerprint density at radius 2 is 2.10 bits per heavy atom. The molecule has 0 saturated heterocycles. The molecule has 0 aliphatic heterocycles. The van der Waals surface area contributed by atoms with Gasteiger partial charge in [-0.15, -0.1) is 11.3 Å². The second-order valence-corrected chi connectivity index (χ2v) is 6.29. The molecule has 0 bridgehead atoms. The smallest absolute Gasteiger partial charge is 0.354 e. The molecule has 4 nitrogen and oxygen atoms in total. The van der Waals surface area contributed by atoms with E-state index in [4.69, 9.17) is 5.11 Å². The average molecular weight is 302 g/mol. The van der Waals surface area contributed by atoms with Gasteiger partial charge in [-0.05, 0) is 30.1 Å². The van der Waals surface area contributed by atoms with E-state index in [0.717, 1.165) is 20.8 Å². The molecule has 3 rings (SSSR count). The Bertz CT molecular complexity index is 799. The van der Waals surface area contributed by atoms with E-state index >= 15 is 0 Å². The Morgan fingerprint density at radius 1 is 1.30 bits per heavy atom. The molecule has 3 aromatic rings. The van der Waals surface area contributed by atoms with Crippen LogP contribution in [-0.4, -0.2) is 21.0 Å². The second-order valence-electron chi connectivity index (χ2n) is 4.20. The number of aryl methyl sites for hydroxylation is 1. The number of thiazole rings is 1. The number of rotatable bonds is 3. The quantitative estimate of drug-likeness (QED) is 0.796. The second kappa shape index (κ2) is 5.22. The lowest BCUT2D eigenvalue weighted by atomic mass is 10.1. The van der Waals surface area contributed by atoms with E-state index in [1.165, 1.54) is 23.1 Å². The Labute approximate surface area is 123 Å². The minimum atomic E-state index is -1.02. The zero-order valence-corrected chi connectivity index (χ0v) is 12.2. The summed E-state index contributed by atoms with van der Waals surface area (Å²) in [6.45, 7) is 1.93. The largest absolute Gasteiger partial charge is 0.477 e. The summed E-state index contributed by atoms with van der Waals surface area (Å²) >= 11 is 2.93. The number of aromatic carboxylic acids is 1. The van der Waals surface area contributed by atoms with Crippen LogP contribution in [0.4, 0.5) is 0 Å². The first-order chi connectivity index (χ1) is 9.63. The van der Waals surface area contributed by atoms with Gasteiger partial charge in [0.15, 0.2) is 4.34 Å². The summed E-state index contributed by atoms with van der Waals surface area (Å²) in [6.07, 6.45) is 0. The maximum absolute atomic E-state index is 11.2. The van der Waals surface area contributed by atoms with Gasteiger partial charge in [-0.3, -0.25) is 0 Å². The van der Waals surface area contributed by atoms with Gasteiger partial charge in [-0.2, -0.15) is 0 Å². The molecule has 0 aliphatic rings. The third-order valence-corrected chi connectivity index (χ3v) is 4.77. The summed E-state index contributed by atoms with van der Waals surface area (Å²) in [5, 5.41) is 13.6. The molecule has 0 radical (unpaired) electrons. The third kappa shape index (κ3) is 2.52. The minimum Gasteiger partial charge on any atom is -0.477 e. The van der Waals surface area contributed by atoms with Gasteiger partial charge in [0, 0.05) is 16.5 Å². The highest BCUT2D eigenvalue weighted by molar-refractivity contribution is 8.01. The molecule has 0 saturated carbocycles. The van der Waals surface area contributed by atoms with Crippen molar-refractivity contribution >= 4 is 39.8 Å². The summed E-state index contributed by atoms with van der Waals surface area (Å²) in [5.74, 6) is -1.02. The van der Waals surface area contributed by atoms with Gasteiger partial charge in [0.25, 0.3) is 0 Å². The first-order valence-electron chi connectivity index (χ1n) is 5.86. The van der Waals surface area contributed by atoms with Crippen molar-refractivity contribution in [1.82, 2.24) is 9.97 Å². The summed E-state index contributed by atoms with van der Waals surface area (Å²) in [6, 6.07) is 9.23. The van der Waals surface area contributed by atoms with Crippen molar-refractivity contribution in [2.75, 3.05) is 0 Å². The highest BCUT2D eigenvalue weighted by Crippen LogP contribution is 2.34. The third-order valence-electron chi connectivity index (χ3n) is 2.71. The number of aromatic nitrogens is 2. The fourth-order valence-corrected chi connectivity index (χ4v) is 3.71. The number of carbonyl (C=O) groups is 1. The molecular formula is C14H10N2O2S2. The Kier molecular flexibility index (Phi) is 3.42. The lowest BCUT2D eigenvalue weighted by Crippen LogP contribution is -2.01. The van der Waals surface area contributed by atoms with Crippen molar-refractivity contribution in [3.8, 4) is 0 Å². The predicted molar refractivity (Wildman–Crippen MR) is 79.7 cm³/mol. The van der Waals surface area contributed by atoms with Crippen LogP contribution < -0.4 is 0 Å². The first kappa shape index (κ1) is 13.1. The zero-order valence-electron chi connectivity index (χ0n) is 10.5. The molecule has 0 aliphatic carbocycles. The fourth-order valence-electron chi connectivity index (χ4n) is 1.82. The van der Waals surface area contributed by atoms with Gasteiger partial charge < -0.3 is 5.11 Å². The van der Waals surface area contributed by atoms with Gasteiger partial charge in [0.05, 0.1) is 0 Å². The van der Waals surface area contributed by atoms with E-state index in [9.17, 15) is 4.79 Å². The van der Waals surface area contributed by atoms with Crippen LogP contribution in [-0.2, 0) is 0 Å². The van der Waals surface area contributed by atoms with Gasteiger partial charge in [0.2, 0.25) is 0 Å². The zero-order chi connectivity index (χ0) is 14.1. The summed E-state index contributed by atoms with van der Waals surface area (Å²) in [4.78, 5) is 19.8. The molecule has 2 aromatic heterocycles. The van der Waals surface area contributed by atoms with E-state index in [0.29, 0.717) is 5.03 Å². The molecule has 1 aromatic carbocycles. The molecule has 2 heterocycles. The van der Waals surface area contributed by atoms with Crippen LogP contribution in [0.1, 0.15) is 16.2 Å². The molecule has 20 heavy (non-hydrogen) atoms. The van der Waals surface area contributed by atoms with Crippen molar-refractivity contribution in [3.05, 3.63) is 47.1 Å². The molecule has 1 N–H and O–H groups in total. The van der Waals surface area contributed by atoms with E-state index in [1.54, 1.807) is 6.07 Å². The van der Waals surface area contributed by atoms with Crippen molar-refractivity contribution in [1.29, 1.82) is 0 Å². The van der Waals surface area contributed by atoms with Crippen LogP contribution in [0.5, 0.6) is 0 Å². The molecule has 0 unspecified atom stereocenters. The number of carboxylic acids is 1. The van der Waals surface area contributed by atoms with E-state index < -0.39 is 5.97 Å².